The molecule has 0 aliphatic rings. The summed E-state index contributed by atoms with van der Waals surface area (Å²) in [6.45, 7) is 0.328. The van der Waals surface area contributed by atoms with Gasteiger partial charge in [0.05, 0.1) is 13.2 Å². The zero-order chi connectivity index (χ0) is 15.2. The normalized spacial score (nSPS) is 11.7. The Kier molecular flexibility index (Phi) is 4.79. The van der Waals surface area contributed by atoms with Crippen molar-refractivity contribution in [3.05, 3.63) is 59.7 Å². The third-order valence-corrected chi connectivity index (χ3v) is 3.15. The van der Waals surface area contributed by atoms with Crippen LogP contribution in [-0.2, 0) is 0 Å². The molecule has 2 rings (SSSR count). The Morgan fingerprint density at radius 3 is 2.62 bits per heavy atom. The molecule has 0 heterocycles. The lowest BCUT2D eigenvalue weighted by atomic mass is 10.1. The Bertz CT molecular complexity index is 611. The predicted molar refractivity (Wildman–Crippen MR) is 81.4 cm³/mol. The quantitative estimate of drug-likeness (QED) is 0.757. The van der Waals surface area contributed by atoms with Gasteiger partial charge in [0.25, 0.3) is 0 Å². The number of nitrogens with two attached hydrogens (primary N) is 1. The number of hydrogen-bond acceptors (Lipinski definition) is 4. The summed E-state index contributed by atoms with van der Waals surface area (Å²) in [5.41, 5.74) is 7.18. The van der Waals surface area contributed by atoms with Crippen LogP contribution in [-0.4, -0.2) is 24.7 Å². The van der Waals surface area contributed by atoms with Crippen LogP contribution in [0.3, 0.4) is 0 Å². The van der Waals surface area contributed by atoms with Crippen LogP contribution < -0.4 is 15.8 Å². The van der Waals surface area contributed by atoms with Gasteiger partial charge in [0.2, 0.25) is 5.91 Å². The number of carbonyl (C=O) groups is 1. The van der Waals surface area contributed by atoms with Crippen molar-refractivity contribution in [2.75, 3.05) is 19.0 Å². The number of rotatable bonds is 6. The predicted octanol–water partition coefficient (Wildman–Crippen LogP) is 1.94. The molecule has 0 spiro atoms. The Labute approximate surface area is 123 Å². The topological polar surface area (TPSA) is 84.6 Å². The van der Waals surface area contributed by atoms with Gasteiger partial charge in [-0.3, -0.25) is 4.79 Å². The number of methoxy groups -OCH3 is 1. The molecule has 0 fully saturated rings. The van der Waals surface area contributed by atoms with E-state index in [1.54, 1.807) is 37.4 Å². The van der Waals surface area contributed by atoms with Crippen LogP contribution in [0.2, 0.25) is 0 Å². The van der Waals surface area contributed by atoms with Crippen LogP contribution in [0, 0.1) is 0 Å². The molecule has 4 N–H and O–H groups in total. The number of aliphatic hydroxyl groups excluding tert-OH is 1. The van der Waals surface area contributed by atoms with Crippen molar-refractivity contribution in [2.45, 2.75) is 6.10 Å². The lowest BCUT2D eigenvalue weighted by Crippen LogP contribution is -2.14. The molecule has 0 bridgehead atoms. The van der Waals surface area contributed by atoms with Gasteiger partial charge in [0.1, 0.15) is 5.75 Å². The SMILES string of the molecule is COc1ccc(C(O)CNc2cccc(C(N)=O)c2)cc1. The maximum atomic E-state index is 11.1. The van der Waals surface area contributed by atoms with E-state index < -0.39 is 12.0 Å². The molecule has 0 aliphatic heterocycles. The molecule has 2 aromatic carbocycles. The number of primary amides is 1. The van der Waals surface area contributed by atoms with E-state index in [1.165, 1.54) is 0 Å². The van der Waals surface area contributed by atoms with Crippen LogP contribution in [0.5, 0.6) is 5.75 Å². The second kappa shape index (κ2) is 6.76. The average Bonchev–Trinajstić information content (AvgIpc) is 2.53. The first-order valence-corrected chi connectivity index (χ1v) is 6.56. The van der Waals surface area contributed by atoms with Crippen LogP contribution >= 0.6 is 0 Å². The summed E-state index contributed by atoms with van der Waals surface area (Å²) in [5, 5.41) is 13.2. The maximum Gasteiger partial charge on any atom is 0.248 e. The first-order chi connectivity index (χ1) is 10.1. The number of nitrogens with one attached hydrogen (secondary N) is 1. The molecule has 110 valence electrons. The van der Waals surface area contributed by atoms with Crippen molar-refractivity contribution in [1.29, 1.82) is 0 Å². The number of amides is 1. The van der Waals surface area contributed by atoms with Gasteiger partial charge in [0, 0.05) is 17.8 Å². The molecule has 2 aromatic rings. The van der Waals surface area contributed by atoms with E-state index in [2.05, 4.69) is 5.32 Å². The van der Waals surface area contributed by atoms with E-state index in [0.717, 1.165) is 17.0 Å². The van der Waals surface area contributed by atoms with Gasteiger partial charge in [-0.2, -0.15) is 0 Å². The highest BCUT2D eigenvalue weighted by atomic mass is 16.5. The van der Waals surface area contributed by atoms with Gasteiger partial charge in [-0.25, -0.2) is 0 Å². The molecule has 1 atom stereocenters. The lowest BCUT2D eigenvalue weighted by molar-refractivity contribution is 0.100. The van der Waals surface area contributed by atoms with Gasteiger partial charge in [0.15, 0.2) is 0 Å². The molecule has 1 unspecified atom stereocenters. The summed E-state index contributed by atoms with van der Waals surface area (Å²) in [4.78, 5) is 11.1. The third kappa shape index (κ3) is 3.97. The minimum Gasteiger partial charge on any atom is -0.497 e. The summed E-state index contributed by atoms with van der Waals surface area (Å²) in [7, 11) is 1.60. The zero-order valence-electron chi connectivity index (χ0n) is 11.7. The fraction of sp³-hybridized carbons (Fsp3) is 0.188. The van der Waals surface area contributed by atoms with Crippen molar-refractivity contribution >= 4 is 11.6 Å². The van der Waals surface area contributed by atoms with Crippen molar-refractivity contribution < 1.29 is 14.6 Å². The molecule has 0 aliphatic carbocycles. The van der Waals surface area contributed by atoms with Crippen molar-refractivity contribution in [3.63, 3.8) is 0 Å². The number of ether oxygens (including phenoxy) is 1. The Morgan fingerprint density at radius 2 is 2.00 bits per heavy atom. The fourth-order valence-electron chi connectivity index (χ4n) is 1.94. The molecule has 1 amide bonds. The lowest BCUT2D eigenvalue weighted by Gasteiger charge is -2.14. The second-order valence-corrected chi connectivity index (χ2v) is 4.61. The third-order valence-electron chi connectivity index (χ3n) is 3.15. The van der Waals surface area contributed by atoms with E-state index in [-0.39, 0.29) is 0 Å². The van der Waals surface area contributed by atoms with Crippen LogP contribution in [0.1, 0.15) is 22.0 Å². The second-order valence-electron chi connectivity index (χ2n) is 4.61. The number of benzene rings is 2. The summed E-state index contributed by atoms with van der Waals surface area (Å²) in [6.07, 6.45) is -0.659. The molecule has 0 aromatic heterocycles. The number of carbonyl (C=O) groups excluding carboxylic acids is 1. The summed E-state index contributed by atoms with van der Waals surface area (Å²) >= 11 is 0. The Hall–Kier alpha value is -2.53. The van der Waals surface area contributed by atoms with E-state index in [4.69, 9.17) is 10.5 Å². The number of anilines is 1. The molecular weight excluding hydrogens is 268 g/mol. The van der Waals surface area contributed by atoms with Gasteiger partial charge in [-0.05, 0) is 35.9 Å². The monoisotopic (exact) mass is 286 g/mol. The molecule has 0 saturated heterocycles. The van der Waals surface area contributed by atoms with E-state index in [1.807, 2.05) is 18.2 Å². The Morgan fingerprint density at radius 1 is 1.29 bits per heavy atom. The smallest absolute Gasteiger partial charge is 0.248 e. The van der Waals surface area contributed by atoms with E-state index in [9.17, 15) is 9.90 Å². The van der Waals surface area contributed by atoms with Gasteiger partial charge in [-0.1, -0.05) is 18.2 Å². The largest absolute Gasteiger partial charge is 0.497 e. The van der Waals surface area contributed by atoms with Crippen LogP contribution in [0.4, 0.5) is 5.69 Å². The fourth-order valence-corrected chi connectivity index (χ4v) is 1.94. The number of hydrogen-bond donors (Lipinski definition) is 3. The number of aliphatic hydroxyl groups is 1. The minimum absolute atomic E-state index is 0.328. The molecular formula is C16H18N2O3. The molecule has 5 heteroatoms. The van der Waals surface area contributed by atoms with Gasteiger partial charge >= 0.3 is 0 Å². The minimum atomic E-state index is -0.659. The summed E-state index contributed by atoms with van der Waals surface area (Å²) in [5.74, 6) is 0.266. The van der Waals surface area contributed by atoms with Crippen molar-refractivity contribution in [3.8, 4) is 5.75 Å². The highest BCUT2D eigenvalue weighted by molar-refractivity contribution is 5.93. The summed E-state index contributed by atoms with van der Waals surface area (Å²) in [6, 6.07) is 14.1. The highest BCUT2D eigenvalue weighted by Gasteiger charge is 2.08. The van der Waals surface area contributed by atoms with Crippen molar-refractivity contribution in [2.24, 2.45) is 5.73 Å². The molecule has 0 radical (unpaired) electrons. The van der Waals surface area contributed by atoms with Crippen LogP contribution in [0.15, 0.2) is 48.5 Å². The highest BCUT2D eigenvalue weighted by Crippen LogP contribution is 2.18. The molecule has 5 nitrogen and oxygen atoms in total. The Balaban J connectivity index is 1.98. The van der Waals surface area contributed by atoms with E-state index >= 15 is 0 Å². The standard InChI is InChI=1S/C16H18N2O3/c1-21-14-7-5-11(6-8-14)15(19)10-18-13-4-2-3-12(9-13)16(17)20/h2-9,15,18-19H,10H2,1H3,(H2,17,20). The molecule has 0 saturated carbocycles. The van der Waals surface area contributed by atoms with Crippen LogP contribution in [0.25, 0.3) is 0 Å². The zero-order valence-corrected chi connectivity index (χ0v) is 11.7. The van der Waals surface area contributed by atoms with Crippen molar-refractivity contribution in [1.82, 2.24) is 0 Å². The van der Waals surface area contributed by atoms with Gasteiger partial charge < -0.3 is 20.9 Å². The summed E-state index contributed by atoms with van der Waals surface area (Å²) < 4.78 is 5.07. The first-order valence-electron chi connectivity index (χ1n) is 6.56. The average molecular weight is 286 g/mol. The van der Waals surface area contributed by atoms with Gasteiger partial charge in [-0.15, -0.1) is 0 Å². The maximum absolute atomic E-state index is 11.1. The molecule has 21 heavy (non-hydrogen) atoms. The first kappa shape index (κ1) is 14.9. The van der Waals surface area contributed by atoms with E-state index in [0.29, 0.717) is 12.1 Å².